The highest BCUT2D eigenvalue weighted by molar-refractivity contribution is 7.88. The molecule has 24 heavy (non-hydrogen) atoms. The number of hydrogen-bond acceptors (Lipinski definition) is 3. The number of piperidine rings is 1. The number of hydrogen-bond donors (Lipinski definition) is 1. The summed E-state index contributed by atoms with van der Waals surface area (Å²) < 4.78 is 26.6. The van der Waals surface area contributed by atoms with Gasteiger partial charge in [-0.25, -0.2) is 12.7 Å². The van der Waals surface area contributed by atoms with Crippen LogP contribution in [0.1, 0.15) is 39.2 Å². The molecule has 0 bridgehead atoms. The van der Waals surface area contributed by atoms with Crippen molar-refractivity contribution < 1.29 is 13.2 Å². The molecule has 1 fully saturated rings. The molecule has 1 heterocycles. The highest BCUT2D eigenvalue weighted by Crippen LogP contribution is 2.22. The molecule has 0 unspecified atom stereocenters. The summed E-state index contributed by atoms with van der Waals surface area (Å²) in [5.74, 6) is 0.376. The quantitative estimate of drug-likeness (QED) is 0.855. The van der Waals surface area contributed by atoms with Crippen LogP contribution in [0.15, 0.2) is 30.3 Å². The van der Waals surface area contributed by atoms with Crippen molar-refractivity contribution in [2.24, 2.45) is 11.8 Å². The third kappa shape index (κ3) is 5.05. The Morgan fingerprint density at radius 2 is 1.75 bits per heavy atom. The summed E-state index contributed by atoms with van der Waals surface area (Å²) >= 11 is 0. The summed E-state index contributed by atoms with van der Waals surface area (Å²) in [6.07, 6.45) is 1.18. The largest absolute Gasteiger partial charge is 0.353 e. The van der Waals surface area contributed by atoms with Gasteiger partial charge in [-0.15, -0.1) is 0 Å². The fraction of sp³-hybridized carbons (Fsp3) is 0.611. The molecule has 134 valence electrons. The fourth-order valence-electron chi connectivity index (χ4n) is 2.78. The molecule has 2 rings (SSSR count). The lowest BCUT2D eigenvalue weighted by Gasteiger charge is -2.31. The van der Waals surface area contributed by atoms with Crippen LogP contribution in [0.5, 0.6) is 0 Å². The van der Waals surface area contributed by atoms with Crippen molar-refractivity contribution in [2.75, 3.05) is 13.1 Å². The van der Waals surface area contributed by atoms with Crippen LogP contribution in [0.4, 0.5) is 0 Å². The minimum absolute atomic E-state index is 0.0229. The van der Waals surface area contributed by atoms with Crippen molar-refractivity contribution in [1.82, 2.24) is 9.62 Å². The van der Waals surface area contributed by atoms with E-state index in [4.69, 9.17) is 0 Å². The highest BCUT2D eigenvalue weighted by atomic mass is 32.2. The van der Waals surface area contributed by atoms with Crippen LogP contribution in [-0.4, -0.2) is 37.8 Å². The molecule has 1 aliphatic heterocycles. The van der Waals surface area contributed by atoms with E-state index in [0.29, 0.717) is 31.8 Å². The van der Waals surface area contributed by atoms with Gasteiger partial charge in [-0.05, 0) is 31.2 Å². The summed E-state index contributed by atoms with van der Waals surface area (Å²) in [4.78, 5) is 12.3. The molecule has 1 aromatic carbocycles. The van der Waals surface area contributed by atoms with Gasteiger partial charge in [-0.2, -0.15) is 0 Å². The first-order valence-corrected chi connectivity index (χ1v) is 10.2. The molecule has 5 nitrogen and oxygen atoms in total. The Balaban J connectivity index is 1.89. The van der Waals surface area contributed by atoms with Crippen molar-refractivity contribution in [3.8, 4) is 0 Å². The second-order valence-electron chi connectivity index (χ2n) is 6.96. The smallest absolute Gasteiger partial charge is 0.223 e. The maximum Gasteiger partial charge on any atom is 0.223 e. The van der Waals surface area contributed by atoms with Crippen molar-refractivity contribution >= 4 is 15.9 Å². The van der Waals surface area contributed by atoms with E-state index in [9.17, 15) is 13.2 Å². The molecule has 1 saturated heterocycles. The van der Waals surface area contributed by atoms with Gasteiger partial charge in [0.1, 0.15) is 0 Å². The number of carbonyl (C=O) groups excluding carboxylic acids is 1. The highest BCUT2D eigenvalue weighted by Gasteiger charge is 2.31. The van der Waals surface area contributed by atoms with E-state index >= 15 is 0 Å². The lowest BCUT2D eigenvalue weighted by Crippen LogP contribution is -2.46. The zero-order valence-corrected chi connectivity index (χ0v) is 15.6. The molecule has 1 N–H and O–H groups in total. The zero-order chi connectivity index (χ0) is 17.7. The van der Waals surface area contributed by atoms with Gasteiger partial charge in [-0.1, -0.05) is 44.2 Å². The number of rotatable bonds is 6. The molecule has 1 atom stereocenters. The summed E-state index contributed by atoms with van der Waals surface area (Å²) in [7, 11) is -3.32. The van der Waals surface area contributed by atoms with Crippen LogP contribution >= 0.6 is 0 Å². The SMILES string of the molecule is CC(C)[C@@H](C)NC(=O)C1CCN(S(=O)(=O)Cc2ccccc2)CC1. The van der Waals surface area contributed by atoms with Crippen LogP contribution in [0, 0.1) is 11.8 Å². The Bertz CT molecular complexity index is 635. The summed E-state index contributed by atoms with van der Waals surface area (Å²) in [6, 6.07) is 9.35. The number of nitrogens with zero attached hydrogens (tertiary/aromatic N) is 1. The second-order valence-corrected chi connectivity index (χ2v) is 8.93. The van der Waals surface area contributed by atoms with Crippen LogP contribution in [0.3, 0.4) is 0 Å². The summed E-state index contributed by atoms with van der Waals surface area (Å²) in [6.45, 7) is 6.99. The first-order valence-electron chi connectivity index (χ1n) is 8.61. The molecule has 0 aliphatic carbocycles. The molecule has 1 aliphatic rings. The molecular formula is C18H28N2O3S. The topological polar surface area (TPSA) is 66.5 Å². The van der Waals surface area contributed by atoms with Gasteiger partial charge in [0, 0.05) is 25.0 Å². The van der Waals surface area contributed by atoms with Crippen LogP contribution < -0.4 is 5.32 Å². The van der Waals surface area contributed by atoms with Crippen molar-refractivity contribution in [1.29, 1.82) is 0 Å². The van der Waals surface area contributed by atoms with E-state index in [0.717, 1.165) is 5.56 Å². The second kappa shape index (κ2) is 8.12. The van der Waals surface area contributed by atoms with Crippen LogP contribution in [-0.2, 0) is 20.6 Å². The minimum Gasteiger partial charge on any atom is -0.353 e. The lowest BCUT2D eigenvalue weighted by molar-refractivity contribution is -0.127. The van der Waals surface area contributed by atoms with E-state index in [2.05, 4.69) is 19.2 Å². The van der Waals surface area contributed by atoms with Crippen LogP contribution in [0.2, 0.25) is 0 Å². The molecule has 0 aromatic heterocycles. The average Bonchev–Trinajstić information content (AvgIpc) is 2.55. The van der Waals surface area contributed by atoms with Gasteiger partial charge in [-0.3, -0.25) is 4.79 Å². The Morgan fingerprint density at radius 1 is 1.17 bits per heavy atom. The number of amides is 1. The first kappa shape index (κ1) is 18.9. The normalized spacial score (nSPS) is 18.5. The van der Waals surface area contributed by atoms with Crippen molar-refractivity contribution in [3.05, 3.63) is 35.9 Å². The number of nitrogens with one attached hydrogen (secondary N) is 1. The van der Waals surface area contributed by atoms with E-state index in [1.165, 1.54) is 4.31 Å². The molecule has 1 amide bonds. The summed E-state index contributed by atoms with van der Waals surface area (Å²) in [5, 5.41) is 3.04. The minimum atomic E-state index is -3.32. The third-order valence-electron chi connectivity index (χ3n) is 4.78. The van der Waals surface area contributed by atoms with E-state index in [-0.39, 0.29) is 23.6 Å². The monoisotopic (exact) mass is 352 g/mol. The predicted octanol–water partition coefficient (Wildman–Crippen LogP) is 2.39. The van der Waals surface area contributed by atoms with Gasteiger partial charge in [0.15, 0.2) is 0 Å². The average molecular weight is 353 g/mol. The number of sulfonamides is 1. The van der Waals surface area contributed by atoms with E-state index < -0.39 is 10.0 Å². The van der Waals surface area contributed by atoms with Crippen molar-refractivity contribution in [3.63, 3.8) is 0 Å². The summed E-state index contributed by atoms with van der Waals surface area (Å²) in [5.41, 5.74) is 0.795. The Morgan fingerprint density at radius 3 is 2.29 bits per heavy atom. The standard InChI is InChI=1S/C18H28N2O3S/c1-14(2)15(3)19-18(21)17-9-11-20(12-10-17)24(22,23)13-16-7-5-4-6-8-16/h4-8,14-15,17H,9-13H2,1-3H3,(H,19,21)/t15-/m1/s1. The third-order valence-corrected chi connectivity index (χ3v) is 6.63. The molecule has 1 aromatic rings. The van der Waals surface area contributed by atoms with E-state index in [1.54, 1.807) is 0 Å². The van der Waals surface area contributed by atoms with Gasteiger partial charge in [0.05, 0.1) is 5.75 Å². The van der Waals surface area contributed by atoms with Gasteiger partial charge >= 0.3 is 0 Å². The molecule has 0 saturated carbocycles. The van der Waals surface area contributed by atoms with Gasteiger partial charge in [0.2, 0.25) is 15.9 Å². The maximum absolute atomic E-state index is 12.5. The predicted molar refractivity (Wildman–Crippen MR) is 95.8 cm³/mol. The number of carbonyl (C=O) groups is 1. The molecule has 0 radical (unpaired) electrons. The maximum atomic E-state index is 12.5. The first-order chi connectivity index (χ1) is 11.3. The molecule has 6 heteroatoms. The Labute approximate surface area is 145 Å². The Kier molecular flexibility index (Phi) is 6.40. The lowest BCUT2D eigenvalue weighted by atomic mass is 9.96. The molecular weight excluding hydrogens is 324 g/mol. The van der Waals surface area contributed by atoms with Crippen molar-refractivity contribution in [2.45, 2.75) is 45.4 Å². The van der Waals surface area contributed by atoms with Gasteiger partial charge in [0.25, 0.3) is 0 Å². The van der Waals surface area contributed by atoms with Crippen LogP contribution in [0.25, 0.3) is 0 Å². The number of benzene rings is 1. The zero-order valence-electron chi connectivity index (χ0n) is 14.7. The molecule has 0 spiro atoms. The van der Waals surface area contributed by atoms with Gasteiger partial charge < -0.3 is 5.32 Å². The Hall–Kier alpha value is -1.40. The fourth-order valence-corrected chi connectivity index (χ4v) is 4.34. The van der Waals surface area contributed by atoms with E-state index in [1.807, 2.05) is 37.3 Å².